The van der Waals surface area contributed by atoms with Crippen molar-refractivity contribution in [2.24, 2.45) is 0 Å². The Hall–Kier alpha value is -2.81. The van der Waals surface area contributed by atoms with Crippen LogP contribution >= 0.6 is 11.3 Å². The first-order valence-corrected chi connectivity index (χ1v) is 7.61. The molecule has 0 spiro atoms. The number of aromatic nitrogens is 4. The molecule has 23 heavy (non-hydrogen) atoms. The largest absolute Gasteiger partial charge is 0.338 e. The second-order valence-electron chi connectivity index (χ2n) is 4.81. The minimum Gasteiger partial charge on any atom is -0.338 e. The van der Waals surface area contributed by atoms with Crippen LogP contribution in [0.15, 0.2) is 22.9 Å². The third-order valence-electron chi connectivity index (χ3n) is 2.83. The van der Waals surface area contributed by atoms with Crippen molar-refractivity contribution in [3.63, 3.8) is 0 Å². The molecule has 9 heteroatoms. The van der Waals surface area contributed by atoms with Crippen LogP contribution in [0.5, 0.6) is 0 Å². The van der Waals surface area contributed by atoms with Crippen LogP contribution in [0.4, 0.5) is 16.7 Å². The highest BCUT2D eigenvalue weighted by molar-refractivity contribution is 7.16. The molecule has 0 saturated carbocycles. The summed E-state index contributed by atoms with van der Waals surface area (Å²) in [5.41, 5.74) is 1.02. The second-order valence-corrected chi connectivity index (χ2v) is 6.01. The number of nitrogens with one attached hydrogen (secondary N) is 2. The minimum absolute atomic E-state index is 0.276. The van der Waals surface area contributed by atoms with Gasteiger partial charge < -0.3 is 15.2 Å². The Kier molecular flexibility index (Phi) is 4.02. The zero-order chi connectivity index (χ0) is 16.4. The highest BCUT2D eigenvalue weighted by Crippen LogP contribution is 2.28. The summed E-state index contributed by atoms with van der Waals surface area (Å²) in [5, 5.41) is 10.9. The molecule has 8 nitrogen and oxygen atoms in total. The van der Waals surface area contributed by atoms with Crippen molar-refractivity contribution in [3.8, 4) is 0 Å². The van der Waals surface area contributed by atoms with Crippen LogP contribution in [-0.4, -0.2) is 26.0 Å². The molecule has 0 aromatic carbocycles. The highest BCUT2D eigenvalue weighted by Gasteiger charge is 2.19. The standard InChI is InChI=1S/C14H14N6O2S/c1-7-6-11(22-20-7)19-14-12(17-9(3)23-14)13(21)18-10-4-5-15-8(2)16-10/h4-6,19H,1-3H3,(H,15,16,18,21). The van der Waals surface area contributed by atoms with Crippen molar-refractivity contribution in [1.29, 1.82) is 0 Å². The van der Waals surface area contributed by atoms with Crippen LogP contribution in [0.2, 0.25) is 0 Å². The summed E-state index contributed by atoms with van der Waals surface area (Å²) in [6.07, 6.45) is 1.58. The van der Waals surface area contributed by atoms with Gasteiger partial charge in [-0.3, -0.25) is 4.79 Å². The highest BCUT2D eigenvalue weighted by atomic mass is 32.1. The third-order valence-corrected chi connectivity index (χ3v) is 3.72. The number of hydrogen-bond acceptors (Lipinski definition) is 8. The van der Waals surface area contributed by atoms with E-state index in [1.165, 1.54) is 11.3 Å². The number of carbonyl (C=O) groups excluding carboxylic acids is 1. The molecule has 0 radical (unpaired) electrons. The van der Waals surface area contributed by atoms with Crippen LogP contribution in [0.25, 0.3) is 0 Å². The van der Waals surface area contributed by atoms with Crippen molar-refractivity contribution in [2.45, 2.75) is 20.8 Å². The molecule has 1 amide bonds. The molecule has 0 aliphatic heterocycles. The van der Waals surface area contributed by atoms with Crippen molar-refractivity contribution in [2.75, 3.05) is 10.6 Å². The number of hydrogen-bond donors (Lipinski definition) is 2. The normalized spacial score (nSPS) is 10.6. The van der Waals surface area contributed by atoms with Gasteiger partial charge in [0.05, 0.1) is 10.7 Å². The van der Waals surface area contributed by atoms with E-state index in [1.54, 1.807) is 25.3 Å². The first kappa shape index (κ1) is 15.1. The van der Waals surface area contributed by atoms with E-state index in [0.29, 0.717) is 22.5 Å². The molecular weight excluding hydrogens is 316 g/mol. The van der Waals surface area contributed by atoms with Gasteiger partial charge in [0.1, 0.15) is 16.6 Å². The summed E-state index contributed by atoms with van der Waals surface area (Å²) in [5.74, 6) is 1.10. The molecule has 0 unspecified atom stereocenters. The van der Waals surface area contributed by atoms with Gasteiger partial charge in [-0.15, -0.1) is 11.3 Å². The molecular formula is C14H14N6O2S. The number of thiazole rings is 1. The van der Waals surface area contributed by atoms with Gasteiger partial charge in [0.2, 0.25) is 5.88 Å². The molecule has 0 atom stereocenters. The number of aryl methyl sites for hydroxylation is 3. The smallest absolute Gasteiger partial charge is 0.278 e. The van der Waals surface area contributed by atoms with Crippen molar-refractivity contribution in [1.82, 2.24) is 20.1 Å². The third kappa shape index (κ3) is 3.51. The lowest BCUT2D eigenvalue weighted by atomic mass is 10.4. The Morgan fingerprint density at radius 3 is 2.78 bits per heavy atom. The summed E-state index contributed by atoms with van der Waals surface area (Å²) in [6.45, 7) is 5.40. The topological polar surface area (TPSA) is 106 Å². The summed E-state index contributed by atoms with van der Waals surface area (Å²) >= 11 is 1.36. The second kappa shape index (κ2) is 6.13. The van der Waals surface area contributed by atoms with Crippen molar-refractivity contribution >= 4 is 33.9 Å². The van der Waals surface area contributed by atoms with E-state index in [2.05, 4.69) is 30.7 Å². The molecule has 2 N–H and O–H groups in total. The molecule has 0 bridgehead atoms. The van der Waals surface area contributed by atoms with Gasteiger partial charge in [-0.05, 0) is 26.8 Å². The van der Waals surface area contributed by atoms with Gasteiger partial charge in [0, 0.05) is 12.3 Å². The lowest BCUT2D eigenvalue weighted by Gasteiger charge is -2.05. The van der Waals surface area contributed by atoms with Gasteiger partial charge >= 0.3 is 0 Å². The van der Waals surface area contributed by atoms with Gasteiger partial charge in [-0.1, -0.05) is 5.16 Å². The summed E-state index contributed by atoms with van der Waals surface area (Å²) in [4.78, 5) is 24.9. The van der Waals surface area contributed by atoms with Gasteiger partial charge in [-0.25, -0.2) is 15.0 Å². The molecule has 0 aliphatic carbocycles. The van der Waals surface area contributed by atoms with Crippen LogP contribution in [0.1, 0.15) is 27.0 Å². The quantitative estimate of drug-likeness (QED) is 0.757. The lowest BCUT2D eigenvalue weighted by molar-refractivity contribution is 0.102. The Balaban J connectivity index is 1.83. The first-order valence-electron chi connectivity index (χ1n) is 6.80. The summed E-state index contributed by atoms with van der Waals surface area (Å²) in [7, 11) is 0. The fourth-order valence-corrected chi connectivity index (χ4v) is 2.72. The number of nitrogens with zero attached hydrogens (tertiary/aromatic N) is 4. The Labute approximate surface area is 136 Å². The molecule has 3 heterocycles. The molecule has 3 rings (SSSR count). The fourth-order valence-electron chi connectivity index (χ4n) is 1.90. The Bertz CT molecular complexity index is 857. The van der Waals surface area contributed by atoms with Crippen LogP contribution in [0.3, 0.4) is 0 Å². The average molecular weight is 330 g/mol. The number of carbonyl (C=O) groups is 1. The minimum atomic E-state index is -0.355. The fraction of sp³-hybridized carbons (Fsp3) is 0.214. The van der Waals surface area contributed by atoms with Gasteiger partial charge in [0.25, 0.3) is 5.91 Å². The predicted octanol–water partition coefficient (Wildman–Crippen LogP) is 2.84. The lowest BCUT2D eigenvalue weighted by Crippen LogP contribution is -2.15. The predicted molar refractivity (Wildman–Crippen MR) is 86.1 cm³/mol. The SMILES string of the molecule is Cc1cc(Nc2sc(C)nc2C(=O)Nc2ccnc(C)n2)on1. The maximum atomic E-state index is 12.4. The number of rotatable bonds is 4. The van der Waals surface area contributed by atoms with Crippen LogP contribution < -0.4 is 10.6 Å². The zero-order valence-corrected chi connectivity index (χ0v) is 13.6. The van der Waals surface area contributed by atoms with Crippen LogP contribution in [-0.2, 0) is 0 Å². The molecule has 3 aromatic rings. The first-order chi connectivity index (χ1) is 11.0. The van der Waals surface area contributed by atoms with E-state index in [1.807, 2.05) is 13.8 Å². The summed E-state index contributed by atoms with van der Waals surface area (Å²) in [6, 6.07) is 3.36. The van der Waals surface area contributed by atoms with E-state index < -0.39 is 0 Å². The molecule has 0 fully saturated rings. The Morgan fingerprint density at radius 1 is 1.26 bits per heavy atom. The summed E-state index contributed by atoms with van der Waals surface area (Å²) < 4.78 is 5.11. The van der Waals surface area contributed by atoms with E-state index in [0.717, 1.165) is 10.7 Å². The zero-order valence-electron chi connectivity index (χ0n) is 12.7. The molecule has 0 saturated heterocycles. The number of amides is 1. The maximum Gasteiger partial charge on any atom is 0.278 e. The Morgan fingerprint density at radius 2 is 2.09 bits per heavy atom. The number of anilines is 3. The van der Waals surface area contributed by atoms with Crippen LogP contribution in [0, 0.1) is 20.8 Å². The van der Waals surface area contributed by atoms with E-state index in [-0.39, 0.29) is 11.6 Å². The molecule has 0 aliphatic rings. The van der Waals surface area contributed by atoms with Gasteiger partial charge in [-0.2, -0.15) is 0 Å². The molecule has 3 aromatic heterocycles. The van der Waals surface area contributed by atoms with Crippen molar-refractivity contribution in [3.05, 3.63) is 40.5 Å². The molecule has 118 valence electrons. The monoisotopic (exact) mass is 330 g/mol. The van der Waals surface area contributed by atoms with Crippen molar-refractivity contribution < 1.29 is 9.32 Å². The van der Waals surface area contributed by atoms with E-state index in [4.69, 9.17) is 4.52 Å². The van der Waals surface area contributed by atoms with Gasteiger partial charge in [0.15, 0.2) is 5.69 Å². The maximum absolute atomic E-state index is 12.4. The van der Waals surface area contributed by atoms with E-state index in [9.17, 15) is 4.79 Å². The average Bonchev–Trinajstić information content (AvgIpc) is 3.05. The van der Waals surface area contributed by atoms with E-state index >= 15 is 0 Å².